The molecule has 0 saturated carbocycles. The molecule has 0 aliphatic carbocycles. The molecule has 5 heteroatoms. The van der Waals surface area contributed by atoms with Crippen molar-refractivity contribution in [3.63, 3.8) is 0 Å². The van der Waals surface area contributed by atoms with Gasteiger partial charge in [-0.1, -0.05) is 30.7 Å². The first-order valence-electron chi connectivity index (χ1n) is 9.02. The summed E-state index contributed by atoms with van der Waals surface area (Å²) in [6.45, 7) is 4.74. The molecule has 0 aliphatic heterocycles. The topological polar surface area (TPSA) is 43.6 Å². The number of fused-ring (bicyclic) bond motifs is 1. The van der Waals surface area contributed by atoms with Crippen LogP contribution in [0.25, 0.3) is 10.2 Å². The summed E-state index contributed by atoms with van der Waals surface area (Å²) >= 11 is 1.56. The number of thiazole rings is 1. The lowest BCUT2D eigenvalue weighted by atomic mass is 10.1. The molecule has 3 aromatic rings. The Morgan fingerprint density at radius 3 is 2.62 bits per heavy atom. The Labute approximate surface area is 157 Å². The second kappa shape index (κ2) is 8.32. The molecule has 1 heterocycles. The second-order valence-corrected chi connectivity index (χ2v) is 7.23. The fourth-order valence-corrected chi connectivity index (χ4v) is 3.91. The van der Waals surface area contributed by atoms with Crippen molar-refractivity contribution in [2.45, 2.75) is 33.1 Å². The van der Waals surface area contributed by atoms with E-state index in [0.717, 1.165) is 17.7 Å². The standard InChI is InChI=1S/C21H24N2O2S/c1-4-6-7-15-8-13-18-19(14-15)26-21(23(18)3)22-20(24)16-9-11-17(12-10-16)25-5-2/h8-14H,4-7H2,1-3H3. The van der Waals surface area contributed by atoms with Crippen molar-refractivity contribution in [2.24, 2.45) is 12.0 Å². The van der Waals surface area contributed by atoms with E-state index < -0.39 is 0 Å². The highest BCUT2D eigenvalue weighted by atomic mass is 32.1. The molecular formula is C21H24N2O2S. The fraction of sp³-hybridized carbons (Fsp3) is 0.333. The highest BCUT2D eigenvalue weighted by molar-refractivity contribution is 7.16. The molecule has 0 bridgehead atoms. The molecule has 3 rings (SSSR count). The predicted molar refractivity (Wildman–Crippen MR) is 107 cm³/mol. The summed E-state index contributed by atoms with van der Waals surface area (Å²) in [6, 6.07) is 13.6. The Balaban J connectivity index is 1.90. The van der Waals surface area contributed by atoms with Gasteiger partial charge in [-0.2, -0.15) is 4.99 Å². The van der Waals surface area contributed by atoms with E-state index in [-0.39, 0.29) is 5.91 Å². The molecule has 0 N–H and O–H groups in total. The van der Waals surface area contributed by atoms with Crippen LogP contribution in [-0.2, 0) is 13.5 Å². The molecule has 0 saturated heterocycles. The average Bonchev–Trinajstić information content (AvgIpc) is 2.96. The molecule has 0 radical (unpaired) electrons. The molecule has 2 aromatic carbocycles. The molecule has 136 valence electrons. The van der Waals surface area contributed by atoms with E-state index >= 15 is 0 Å². The minimum Gasteiger partial charge on any atom is -0.494 e. The van der Waals surface area contributed by atoms with Crippen molar-refractivity contribution in [2.75, 3.05) is 6.61 Å². The van der Waals surface area contributed by atoms with E-state index in [1.807, 2.05) is 18.5 Å². The van der Waals surface area contributed by atoms with Gasteiger partial charge in [-0.15, -0.1) is 0 Å². The molecule has 1 amide bonds. The largest absolute Gasteiger partial charge is 0.494 e. The highest BCUT2D eigenvalue weighted by Crippen LogP contribution is 2.20. The summed E-state index contributed by atoms with van der Waals surface area (Å²) in [5.74, 6) is 0.525. The third kappa shape index (κ3) is 4.05. The van der Waals surface area contributed by atoms with Gasteiger partial charge in [-0.3, -0.25) is 4.79 Å². The molecular weight excluding hydrogens is 344 g/mol. The van der Waals surface area contributed by atoms with Crippen LogP contribution in [0, 0.1) is 0 Å². The Morgan fingerprint density at radius 2 is 1.92 bits per heavy atom. The van der Waals surface area contributed by atoms with Gasteiger partial charge in [0.2, 0.25) is 0 Å². The van der Waals surface area contributed by atoms with Gasteiger partial charge in [0.25, 0.3) is 5.91 Å². The van der Waals surface area contributed by atoms with Crippen LogP contribution in [0.4, 0.5) is 0 Å². The van der Waals surface area contributed by atoms with Crippen molar-refractivity contribution in [1.29, 1.82) is 0 Å². The minimum absolute atomic E-state index is 0.235. The van der Waals surface area contributed by atoms with E-state index in [9.17, 15) is 4.79 Å². The number of benzene rings is 2. The fourth-order valence-electron chi connectivity index (χ4n) is 2.83. The Kier molecular flexibility index (Phi) is 5.89. The third-order valence-electron chi connectivity index (χ3n) is 4.30. The first-order valence-corrected chi connectivity index (χ1v) is 9.84. The van der Waals surface area contributed by atoms with Gasteiger partial charge < -0.3 is 9.30 Å². The van der Waals surface area contributed by atoms with Crippen LogP contribution in [0.2, 0.25) is 0 Å². The van der Waals surface area contributed by atoms with E-state index in [2.05, 4.69) is 30.1 Å². The smallest absolute Gasteiger partial charge is 0.279 e. The maximum absolute atomic E-state index is 12.5. The van der Waals surface area contributed by atoms with Crippen LogP contribution in [0.15, 0.2) is 47.5 Å². The number of carbonyl (C=O) groups excluding carboxylic acids is 1. The zero-order chi connectivity index (χ0) is 18.5. The van der Waals surface area contributed by atoms with E-state index in [1.54, 1.807) is 35.6 Å². The number of hydrogen-bond acceptors (Lipinski definition) is 3. The number of unbranched alkanes of at least 4 members (excludes halogenated alkanes) is 1. The maximum Gasteiger partial charge on any atom is 0.279 e. The summed E-state index contributed by atoms with van der Waals surface area (Å²) in [5.41, 5.74) is 3.01. The van der Waals surface area contributed by atoms with Crippen LogP contribution in [-0.4, -0.2) is 17.1 Å². The van der Waals surface area contributed by atoms with Gasteiger partial charge in [0.15, 0.2) is 4.80 Å². The molecule has 4 nitrogen and oxygen atoms in total. The zero-order valence-corrected chi connectivity index (χ0v) is 16.3. The molecule has 0 aliphatic rings. The highest BCUT2D eigenvalue weighted by Gasteiger charge is 2.08. The summed E-state index contributed by atoms with van der Waals surface area (Å²) in [5, 5.41) is 0. The van der Waals surface area contributed by atoms with Gasteiger partial charge in [-0.25, -0.2) is 0 Å². The quantitative estimate of drug-likeness (QED) is 0.632. The molecule has 0 fully saturated rings. The number of carbonyl (C=O) groups is 1. The van der Waals surface area contributed by atoms with Crippen molar-refractivity contribution < 1.29 is 9.53 Å². The Morgan fingerprint density at radius 1 is 1.15 bits per heavy atom. The lowest BCUT2D eigenvalue weighted by Gasteiger charge is -2.02. The van der Waals surface area contributed by atoms with Gasteiger partial charge in [-0.05, 0) is 61.7 Å². The van der Waals surface area contributed by atoms with Crippen molar-refractivity contribution in [1.82, 2.24) is 4.57 Å². The summed E-state index contributed by atoms with van der Waals surface area (Å²) in [4.78, 5) is 17.6. The van der Waals surface area contributed by atoms with Crippen LogP contribution in [0.3, 0.4) is 0 Å². The SMILES string of the molecule is CCCCc1ccc2c(c1)sc(=NC(=O)c1ccc(OCC)cc1)n2C. The van der Waals surface area contributed by atoms with Gasteiger partial charge in [0, 0.05) is 12.6 Å². The molecule has 0 spiro atoms. The van der Waals surface area contributed by atoms with E-state index in [1.165, 1.54) is 23.1 Å². The molecule has 26 heavy (non-hydrogen) atoms. The Hall–Kier alpha value is -2.40. The van der Waals surface area contributed by atoms with Crippen LogP contribution in [0.1, 0.15) is 42.6 Å². The number of hydrogen-bond donors (Lipinski definition) is 0. The van der Waals surface area contributed by atoms with Crippen LogP contribution in [0.5, 0.6) is 5.75 Å². The van der Waals surface area contributed by atoms with E-state index in [4.69, 9.17) is 4.74 Å². The number of amides is 1. The third-order valence-corrected chi connectivity index (χ3v) is 5.40. The normalized spacial score (nSPS) is 11.9. The Bertz CT molecular complexity index is 968. The van der Waals surface area contributed by atoms with Crippen LogP contribution < -0.4 is 9.54 Å². The van der Waals surface area contributed by atoms with Gasteiger partial charge >= 0.3 is 0 Å². The zero-order valence-electron chi connectivity index (χ0n) is 15.5. The summed E-state index contributed by atoms with van der Waals surface area (Å²) in [7, 11) is 1.95. The lowest BCUT2D eigenvalue weighted by Crippen LogP contribution is -2.13. The van der Waals surface area contributed by atoms with Crippen molar-refractivity contribution >= 4 is 27.5 Å². The maximum atomic E-state index is 12.5. The molecule has 0 atom stereocenters. The first-order chi connectivity index (χ1) is 12.6. The number of aromatic nitrogens is 1. The second-order valence-electron chi connectivity index (χ2n) is 6.22. The van der Waals surface area contributed by atoms with Crippen molar-refractivity contribution in [3.05, 3.63) is 58.4 Å². The van der Waals surface area contributed by atoms with Gasteiger partial charge in [0.1, 0.15) is 5.75 Å². The lowest BCUT2D eigenvalue weighted by molar-refractivity contribution is 0.0998. The van der Waals surface area contributed by atoms with E-state index in [0.29, 0.717) is 17.0 Å². The molecule has 0 unspecified atom stereocenters. The summed E-state index contributed by atoms with van der Waals surface area (Å²) in [6.07, 6.45) is 3.47. The number of nitrogens with zero attached hydrogens (tertiary/aromatic N) is 2. The monoisotopic (exact) mass is 368 g/mol. The minimum atomic E-state index is -0.235. The number of aryl methyl sites for hydroxylation is 2. The van der Waals surface area contributed by atoms with Crippen molar-refractivity contribution in [3.8, 4) is 5.75 Å². The predicted octanol–water partition coefficient (Wildman–Crippen LogP) is 4.72. The summed E-state index contributed by atoms with van der Waals surface area (Å²) < 4.78 is 8.56. The number of ether oxygens (including phenoxy) is 1. The average molecular weight is 369 g/mol. The first kappa shape index (κ1) is 18.4. The number of rotatable bonds is 6. The molecule has 1 aromatic heterocycles. The van der Waals surface area contributed by atoms with Gasteiger partial charge in [0.05, 0.1) is 16.8 Å². The van der Waals surface area contributed by atoms with Crippen LogP contribution >= 0.6 is 11.3 Å².